The molecule has 0 atom stereocenters. The average molecular weight is 290 g/mol. The van der Waals surface area contributed by atoms with E-state index >= 15 is 0 Å². The van der Waals surface area contributed by atoms with Gasteiger partial charge in [0, 0.05) is 17.6 Å². The number of aliphatic hydroxyl groups is 1. The predicted octanol–water partition coefficient (Wildman–Crippen LogP) is 3.96. The summed E-state index contributed by atoms with van der Waals surface area (Å²) in [5.41, 5.74) is 2.30. The van der Waals surface area contributed by atoms with Crippen molar-refractivity contribution in [3.05, 3.63) is 23.2 Å². The third-order valence-corrected chi connectivity index (χ3v) is 5.35. The fourth-order valence-electron chi connectivity index (χ4n) is 3.13. The fraction of sp³-hybridized carbons (Fsp3) is 0.562. The first-order chi connectivity index (χ1) is 9.71. The van der Waals surface area contributed by atoms with E-state index in [0.717, 1.165) is 35.6 Å². The molecule has 0 radical (unpaired) electrons. The molecule has 4 heteroatoms. The van der Waals surface area contributed by atoms with Crippen LogP contribution in [-0.4, -0.2) is 23.2 Å². The topological polar surface area (TPSA) is 45.2 Å². The summed E-state index contributed by atoms with van der Waals surface area (Å²) in [5, 5.41) is 14.4. The summed E-state index contributed by atoms with van der Waals surface area (Å²) in [5.74, 6) is 0. The number of hydrogen-bond acceptors (Lipinski definition) is 4. The number of aryl methyl sites for hydroxylation is 1. The molecule has 0 bridgehead atoms. The molecular weight excluding hydrogens is 268 g/mol. The minimum atomic E-state index is 0.0802. The summed E-state index contributed by atoms with van der Waals surface area (Å²) in [6, 6.07) is 6.34. The maximum atomic E-state index is 9.75. The molecule has 0 unspecified atom stereocenters. The highest BCUT2D eigenvalue weighted by atomic mass is 32.1. The molecule has 0 amide bonds. The molecule has 1 aliphatic carbocycles. The quantitative estimate of drug-likeness (QED) is 0.896. The van der Waals surface area contributed by atoms with Crippen LogP contribution in [0.2, 0.25) is 0 Å². The first kappa shape index (κ1) is 13.8. The highest BCUT2D eigenvalue weighted by Crippen LogP contribution is 2.36. The average Bonchev–Trinajstić information content (AvgIpc) is 2.85. The van der Waals surface area contributed by atoms with Gasteiger partial charge in [-0.3, -0.25) is 0 Å². The Bertz CT molecular complexity index is 587. The van der Waals surface area contributed by atoms with Gasteiger partial charge in [0.2, 0.25) is 0 Å². The van der Waals surface area contributed by atoms with Crippen molar-refractivity contribution in [2.45, 2.75) is 39.0 Å². The van der Waals surface area contributed by atoms with Gasteiger partial charge in [-0.05, 0) is 38.0 Å². The second-order valence-electron chi connectivity index (χ2n) is 5.99. The molecule has 1 fully saturated rings. The van der Waals surface area contributed by atoms with Crippen molar-refractivity contribution in [2.75, 3.05) is 18.5 Å². The van der Waals surface area contributed by atoms with Crippen molar-refractivity contribution in [2.24, 2.45) is 5.41 Å². The molecule has 3 rings (SSSR count). The summed E-state index contributed by atoms with van der Waals surface area (Å²) in [6.45, 7) is 3.20. The normalized spacial score (nSPS) is 18.3. The molecule has 1 saturated carbocycles. The molecule has 0 aliphatic heterocycles. The lowest BCUT2D eigenvalue weighted by Gasteiger charge is -2.36. The standard InChI is InChI=1S/C16H22N2OS/c1-12-18-14-6-5-13(9-15(14)20-12)17-10-16(11-19)7-3-2-4-8-16/h5-6,9,17,19H,2-4,7-8,10-11H2,1H3. The van der Waals surface area contributed by atoms with Crippen LogP contribution in [-0.2, 0) is 0 Å². The number of benzene rings is 1. The van der Waals surface area contributed by atoms with Crippen LogP contribution in [0.4, 0.5) is 5.69 Å². The van der Waals surface area contributed by atoms with Crippen molar-refractivity contribution < 1.29 is 5.11 Å². The molecular formula is C16H22N2OS. The second kappa shape index (κ2) is 5.70. The van der Waals surface area contributed by atoms with E-state index < -0.39 is 0 Å². The zero-order valence-corrected chi connectivity index (χ0v) is 12.8. The largest absolute Gasteiger partial charge is 0.396 e. The van der Waals surface area contributed by atoms with Gasteiger partial charge < -0.3 is 10.4 Å². The van der Waals surface area contributed by atoms with Crippen LogP contribution >= 0.6 is 11.3 Å². The van der Waals surface area contributed by atoms with E-state index in [1.165, 1.54) is 24.0 Å². The number of nitrogens with one attached hydrogen (secondary N) is 1. The van der Waals surface area contributed by atoms with Gasteiger partial charge >= 0.3 is 0 Å². The molecule has 2 N–H and O–H groups in total. The highest BCUT2D eigenvalue weighted by Gasteiger charge is 2.31. The molecule has 1 aromatic carbocycles. The summed E-state index contributed by atoms with van der Waals surface area (Å²) >= 11 is 1.73. The molecule has 1 aromatic heterocycles. The number of hydrogen-bond donors (Lipinski definition) is 2. The first-order valence-electron chi connectivity index (χ1n) is 7.43. The van der Waals surface area contributed by atoms with Crippen molar-refractivity contribution >= 4 is 27.2 Å². The maximum Gasteiger partial charge on any atom is 0.0907 e. The van der Waals surface area contributed by atoms with E-state index in [-0.39, 0.29) is 5.41 Å². The Kier molecular flexibility index (Phi) is 3.94. The van der Waals surface area contributed by atoms with Gasteiger partial charge in [0.1, 0.15) is 0 Å². The molecule has 108 valence electrons. The summed E-state index contributed by atoms with van der Waals surface area (Å²) in [7, 11) is 0. The number of rotatable bonds is 4. The van der Waals surface area contributed by atoms with E-state index in [0.29, 0.717) is 6.61 Å². The Labute approximate surface area is 124 Å². The van der Waals surface area contributed by atoms with Gasteiger partial charge in [0.25, 0.3) is 0 Å². The molecule has 1 heterocycles. The van der Waals surface area contributed by atoms with E-state index in [1.54, 1.807) is 11.3 Å². The Morgan fingerprint density at radius 3 is 2.85 bits per heavy atom. The number of aromatic nitrogens is 1. The summed E-state index contributed by atoms with van der Waals surface area (Å²) < 4.78 is 1.23. The Hall–Kier alpha value is -1.13. The maximum absolute atomic E-state index is 9.75. The zero-order valence-electron chi connectivity index (χ0n) is 12.0. The van der Waals surface area contributed by atoms with Crippen LogP contribution in [0.1, 0.15) is 37.1 Å². The third-order valence-electron chi connectivity index (χ3n) is 4.41. The van der Waals surface area contributed by atoms with Crippen molar-refractivity contribution in [1.29, 1.82) is 0 Å². The lowest BCUT2D eigenvalue weighted by Crippen LogP contribution is -2.35. The molecule has 20 heavy (non-hydrogen) atoms. The number of anilines is 1. The minimum absolute atomic E-state index is 0.0802. The Morgan fingerprint density at radius 1 is 1.30 bits per heavy atom. The summed E-state index contributed by atoms with van der Waals surface area (Å²) in [6.07, 6.45) is 6.08. The van der Waals surface area contributed by atoms with Crippen LogP contribution in [0, 0.1) is 12.3 Å². The lowest BCUT2D eigenvalue weighted by atomic mass is 9.74. The molecule has 1 aliphatic rings. The van der Waals surface area contributed by atoms with Gasteiger partial charge in [-0.1, -0.05) is 19.3 Å². The van der Waals surface area contributed by atoms with E-state index in [1.807, 2.05) is 6.92 Å². The SMILES string of the molecule is Cc1nc2ccc(NCC3(CO)CCCCC3)cc2s1. The van der Waals surface area contributed by atoms with Crippen LogP contribution < -0.4 is 5.32 Å². The zero-order chi connectivity index (χ0) is 14.0. The number of thiazole rings is 1. The predicted molar refractivity (Wildman–Crippen MR) is 85.5 cm³/mol. The molecule has 2 aromatic rings. The minimum Gasteiger partial charge on any atom is -0.396 e. The van der Waals surface area contributed by atoms with Crippen LogP contribution in [0.25, 0.3) is 10.2 Å². The van der Waals surface area contributed by atoms with Crippen LogP contribution in [0.5, 0.6) is 0 Å². The number of fused-ring (bicyclic) bond motifs is 1. The van der Waals surface area contributed by atoms with Gasteiger partial charge in [0.05, 0.1) is 21.8 Å². The van der Waals surface area contributed by atoms with Gasteiger partial charge in [-0.15, -0.1) is 11.3 Å². The van der Waals surface area contributed by atoms with Crippen LogP contribution in [0.15, 0.2) is 18.2 Å². The molecule has 3 nitrogen and oxygen atoms in total. The molecule has 0 spiro atoms. The van der Waals surface area contributed by atoms with Gasteiger partial charge in [-0.2, -0.15) is 0 Å². The third kappa shape index (κ3) is 2.81. The Balaban J connectivity index is 1.72. The van der Waals surface area contributed by atoms with Crippen molar-refractivity contribution in [1.82, 2.24) is 4.98 Å². The number of nitrogens with zero attached hydrogens (tertiary/aromatic N) is 1. The van der Waals surface area contributed by atoms with Crippen molar-refractivity contribution in [3.8, 4) is 0 Å². The fourth-order valence-corrected chi connectivity index (χ4v) is 4.00. The van der Waals surface area contributed by atoms with E-state index in [4.69, 9.17) is 0 Å². The summed E-state index contributed by atoms with van der Waals surface area (Å²) in [4.78, 5) is 4.48. The van der Waals surface area contributed by atoms with E-state index in [9.17, 15) is 5.11 Å². The Morgan fingerprint density at radius 2 is 2.10 bits per heavy atom. The lowest BCUT2D eigenvalue weighted by molar-refractivity contribution is 0.0944. The van der Waals surface area contributed by atoms with Crippen LogP contribution in [0.3, 0.4) is 0 Å². The van der Waals surface area contributed by atoms with Gasteiger partial charge in [0.15, 0.2) is 0 Å². The van der Waals surface area contributed by atoms with Crippen molar-refractivity contribution in [3.63, 3.8) is 0 Å². The first-order valence-corrected chi connectivity index (χ1v) is 8.24. The highest BCUT2D eigenvalue weighted by molar-refractivity contribution is 7.18. The van der Waals surface area contributed by atoms with Gasteiger partial charge in [-0.25, -0.2) is 4.98 Å². The monoisotopic (exact) mass is 290 g/mol. The smallest absolute Gasteiger partial charge is 0.0907 e. The van der Waals surface area contributed by atoms with E-state index in [2.05, 4.69) is 28.5 Å². The molecule has 0 saturated heterocycles. The number of aliphatic hydroxyl groups excluding tert-OH is 1. The second-order valence-corrected chi connectivity index (χ2v) is 7.22.